The quantitative estimate of drug-likeness (QED) is 0.457. The molecule has 11 heteroatoms. The lowest BCUT2D eigenvalue weighted by molar-refractivity contribution is -0.257. The van der Waals surface area contributed by atoms with Gasteiger partial charge in [-0.2, -0.15) is 30.4 Å². The van der Waals surface area contributed by atoms with E-state index in [0.29, 0.717) is 0 Å². The molecule has 3 atom stereocenters. The first kappa shape index (κ1) is 19.3. The molecule has 0 saturated carbocycles. The average molecular weight is 386 g/mol. The first-order chi connectivity index (χ1) is 11.3. The molecule has 0 aromatic rings. The SMILES string of the molecule is O=C(OC(C(F)(F)F)C(F)(F)S(=O)(=O)O)C1=CC2C=CC=CC2C=C1. The van der Waals surface area contributed by atoms with E-state index in [2.05, 4.69) is 4.74 Å². The molecular formula is C14H11F5O5S. The molecule has 0 amide bonds. The molecule has 25 heavy (non-hydrogen) atoms. The van der Waals surface area contributed by atoms with E-state index in [0.717, 1.165) is 6.08 Å². The van der Waals surface area contributed by atoms with Crippen molar-refractivity contribution in [3.63, 3.8) is 0 Å². The minimum absolute atomic E-state index is 0.153. The summed E-state index contributed by atoms with van der Waals surface area (Å²) in [5.41, 5.74) is -0.443. The zero-order chi connectivity index (χ0) is 19.0. The lowest BCUT2D eigenvalue weighted by Crippen LogP contribution is -2.52. The number of allylic oxidation sites excluding steroid dienone is 6. The zero-order valence-electron chi connectivity index (χ0n) is 12.2. The van der Waals surface area contributed by atoms with Crippen molar-refractivity contribution >= 4 is 16.1 Å². The topological polar surface area (TPSA) is 80.7 Å². The normalized spacial score (nSPS) is 24.5. The van der Waals surface area contributed by atoms with Gasteiger partial charge in [0, 0.05) is 11.8 Å². The zero-order valence-corrected chi connectivity index (χ0v) is 13.0. The lowest BCUT2D eigenvalue weighted by Gasteiger charge is -2.27. The van der Waals surface area contributed by atoms with Crippen LogP contribution in [0.15, 0.2) is 48.1 Å². The molecule has 0 aromatic carbocycles. The highest BCUT2D eigenvalue weighted by Gasteiger charge is 2.66. The number of ether oxygens (including phenoxy) is 1. The Kier molecular flexibility index (Phi) is 4.92. The molecule has 5 nitrogen and oxygen atoms in total. The van der Waals surface area contributed by atoms with Crippen molar-refractivity contribution in [3.05, 3.63) is 48.1 Å². The van der Waals surface area contributed by atoms with Gasteiger partial charge in [0.2, 0.25) is 0 Å². The second-order valence-corrected chi connectivity index (χ2v) is 6.76. The highest BCUT2D eigenvalue weighted by molar-refractivity contribution is 7.86. The van der Waals surface area contributed by atoms with E-state index in [4.69, 9.17) is 4.55 Å². The molecule has 0 saturated heterocycles. The fraction of sp³-hybridized carbons (Fsp3) is 0.357. The van der Waals surface area contributed by atoms with E-state index in [1.54, 1.807) is 24.3 Å². The van der Waals surface area contributed by atoms with Crippen LogP contribution < -0.4 is 0 Å². The third-order valence-corrected chi connectivity index (χ3v) is 4.40. The Bertz CT molecular complexity index is 776. The maximum atomic E-state index is 13.4. The van der Waals surface area contributed by atoms with E-state index in [1.165, 1.54) is 12.2 Å². The van der Waals surface area contributed by atoms with E-state index >= 15 is 0 Å². The van der Waals surface area contributed by atoms with Gasteiger partial charge in [0.25, 0.3) is 6.10 Å². The lowest BCUT2D eigenvalue weighted by atomic mass is 9.83. The minimum atomic E-state index is -6.47. The molecular weight excluding hydrogens is 375 g/mol. The number of rotatable bonds is 4. The molecule has 0 aromatic heterocycles. The average Bonchev–Trinajstić information content (AvgIpc) is 2.49. The van der Waals surface area contributed by atoms with Gasteiger partial charge in [0.05, 0.1) is 5.57 Å². The molecule has 0 aliphatic heterocycles. The Morgan fingerprint density at radius 3 is 2.16 bits per heavy atom. The number of carbonyl (C=O) groups excluding carboxylic acids is 1. The number of hydrogen-bond acceptors (Lipinski definition) is 4. The number of halogens is 5. The van der Waals surface area contributed by atoms with E-state index < -0.39 is 39.2 Å². The monoisotopic (exact) mass is 386 g/mol. The molecule has 0 bridgehead atoms. The summed E-state index contributed by atoms with van der Waals surface area (Å²) in [6.07, 6.45) is 0.226. The first-order valence-electron chi connectivity index (χ1n) is 6.71. The second kappa shape index (κ2) is 6.37. The van der Waals surface area contributed by atoms with Crippen LogP contribution in [-0.4, -0.2) is 36.5 Å². The standard InChI is InChI=1S/C14H11F5O5S/c15-13(16,17)12(14(18,19)25(21,22)23)24-11(20)10-6-5-8-3-1-2-4-9(8)7-10/h1-9,12H,(H,21,22,23). The largest absolute Gasteiger partial charge is 0.441 e. The Morgan fingerprint density at radius 1 is 1.08 bits per heavy atom. The Labute approximate surface area is 138 Å². The highest BCUT2D eigenvalue weighted by atomic mass is 32.2. The minimum Gasteiger partial charge on any atom is -0.441 e. The van der Waals surface area contributed by atoms with Gasteiger partial charge in [-0.3, -0.25) is 4.55 Å². The highest BCUT2D eigenvalue weighted by Crippen LogP contribution is 2.39. The molecule has 138 valence electrons. The summed E-state index contributed by atoms with van der Waals surface area (Å²) in [6, 6.07) is 0. The molecule has 1 N–H and O–H groups in total. The Hall–Kier alpha value is -2.01. The second-order valence-electron chi connectivity index (χ2n) is 5.27. The van der Waals surface area contributed by atoms with Crippen LogP contribution in [-0.2, 0) is 19.6 Å². The summed E-state index contributed by atoms with van der Waals surface area (Å²) in [5.74, 6) is -2.33. The van der Waals surface area contributed by atoms with Crippen LogP contribution in [0.5, 0.6) is 0 Å². The van der Waals surface area contributed by atoms with Gasteiger partial charge in [-0.15, -0.1) is 0 Å². The van der Waals surface area contributed by atoms with Crippen LogP contribution >= 0.6 is 0 Å². The molecule has 2 aliphatic carbocycles. The predicted octanol–water partition coefficient (Wildman–Crippen LogP) is 2.80. The smallest absolute Gasteiger partial charge is 0.432 e. The molecule has 3 unspecified atom stereocenters. The maximum absolute atomic E-state index is 13.4. The number of esters is 1. The maximum Gasteiger partial charge on any atom is 0.432 e. The fourth-order valence-corrected chi connectivity index (χ4v) is 2.70. The third-order valence-electron chi connectivity index (χ3n) is 3.50. The van der Waals surface area contributed by atoms with Gasteiger partial charge in [-0.1, -0.05) is 42.5 Å². The van der Waals surface area contributed by atoms with Gasteiger partial charge in [0.1, 0.15) is 0 Å². The molecule has 2 aliphatic rings. The Morgan fingerprint density at radius 2 is 1.64 bits per heavy atom. The molecule has 0 spiro atoms. The van der Waals surface area contributed by atoms with Gasteiger partial charge >= 0.3 is 27.5 Å². The molecule has 2 rings (SSSR count). The number of hydrogen-bond donors (Lipinski definition) is 1. The molecule has 0 radical (unpaired) electrons. The first-order valence-corrected chi connectivity index (χ1v) is 8.15. The van der Waals surface area contributed by atoms with Crippen molar-refractivity contribution in [3.8, 4) is 0 Å². The van der Waals surface area contributed by atoms with Gasteiger partial charge in [-0.25, -0.2) is 4.79 Å². The van der Waals surface area contributed by atoms with Crippen LogP contribution in [0.3, 0.4) is 0 Å². The van der Waals surface area contributed by atoms with Gasteiger partial charge < -0.3 is 4.74 Å². The van der Waals surface area contributed by atoms with E-state index in [1.807, 2.05) is 0 Å². The summed E-state index contributed by atoms with van der Waals surface area (Å²) >= 11 is 0. The van der Waals surface area contributed by atoms with Crippen LogP contribution in [0.1, 0.15) is 0 Å². The van der Waals surface area contributed by atoms with Crippen molar-refractivity contribution < 1.29 is 44.5 Å². The summed E-state index contributed by atoms with van der Waals surface area (Å²) in [4.78, 5) is 11.8. The van der Waals surface area contributed by atoms with Crippen LogP contribution in [0, 0.1) is 11.8 Å². The van der Waals surface area contributed by atoms with Gasteiger partial charge in [0.15, 0.2) is 0 Å². The summed E-state index contributed by atoms with van der Waals surface area (Å²) in [6.45, 7) is 0. The van der Waals surface area contributed by atoms with Gasteiger partial charge in [-0.05, 0) is 0 Å². The number of fused-ring (bicyclic) bond motifs is 1. The summed E-state index contributed by atoms with van der Waals surface area (Å²) in [7, 11) is -6.47. The van der Waals surface area contributed by atoms with Crippen LogP contribution in [0.25, 0.3) is 0 Å². The van der Waals surface area contributed by atoms with Crippen molar-refractivity contribution in [2.24, 2.45) is 11.8 Å². The molecule has 0 fully saturated rings. The Balaban J connectivity index is 2.27. The molecule has 0 heterocycles. The summed E-state index contributed by atoms with van der Waals surface area (Å²) < 4.78 is 98.2. The van der Waals surface area contributed by atoms with E-state index in [9.17, 15) is 35.2 Å². The van der Waals surface area contributed by atoms with Crippen molar-refractivity contribution in [1.82, 2.24) is 0 Å². The predicted molar refractivity (Wildman–Crippen MR) is 74.9 cm³/mol. The number of carbonyl (C=O) groups is 1. The van der Waals surface area contributed by atoms with Crippen molar-refractivity contribution in [1.29, 1.82) is 0 Å². The third kappa shape index (κ3) is 3.98. The van der Waals surface area contributed by atoms with Crippen LogP contribution in [0.4, 0.5) is 22.0 Å². The summed E-state index contributed by atoms with van der Waals surface area (Å²) in [5, 5.41) is -5.75. The van der Waals surface area contributed by atoms with Crippen LogP contribution in [0.2, 0.25) is 0 Å². The fourth-order valence-electron chi connectivity index (χ4n) is 2.25. The van der Waals surface area contributed by atoms with E-state index in [-0.39, 0.29) is 11.8 Å². The number of alkyl halides is 5. The van der Waals surface area contributed by atoms with Crippen molar-refractivity contribution in [2.45, 2.75) is 17.5 Å². The van der Waals surface area contributed by atoms with Crippen molar-refractivity contribution in [2.75, 3.05) is 0 Å².